The molecule has 2 aromatic rings. The van der Waals surface area contributed by atoms with E-state index in [9.17, 15) is 8.42 Å². The lowest BCUT2D eigenvalue weighted by Gasteiger charge is -2.33. The second-order valence-corrected chi connectivity index (χ2v) is 10.2. The zero-order valence-corrected chi connectivity index (χ0v) is 15.2. The molecule has 2 aliphatic rings. The number of anilines is 1. The molecule has 0 amide bonds. The van der Waals surface area contributed by atoms with Gasteiger partial charge in [0.2, 0.25) is 0 Å². The zero-order valence-electron chi connectivity index (χ0n) is 14.3. The third kappa shape index (κ3) is 1.90. The van der Waals surface area contributed by atoms with Crippen molar-refractivity contribution >= 4 is 26.5 Å². The van der Waals surface area contributed by atoms with Crippen molar-refractivity contribution in [3.63, 3.8) is 0 Å². The van der Waals surface area contributed by atoms with Gasteiger partial charge in [-0.25, -0.2) is 8.42 Å². The fourth-order valence-electron chi connectivity index (χ4n) is 4.14. The number of nitrogens with zero attached hydrogens (tertiary/aromatic N) is 2. The minimum Gasteiger partial charge on any atom is -0.321 e. The molecule has 5 heteroatoms. The van der Waals surface area contributed by atoms with E-state index in [0.29, 0.717) is 4.90 Å². The minimum atomic E-state index is -3.47. The first-order valence-electron chi connectivity index (χ1n) is 7.97. The Hall–Kier alpha value is -1.59. The summed E-state index contributed by atoms with van der Waals surface area (Å²) in [6, 6.07) is 7.82. The number of fused-ring (bicyclic) bond motifs is 2. The topological polar surface area (TPSA) is 37.4 Å². The molecule has 0 saturated heterocycles. The monoisotopic (exact) mass is 331 g/mol. The van der Waals surface area contributed by atoms with Gasteiger partial charge in [-0.1, -0.05) is 12.1 Å². The van der Waals surface area contributed by atoms with Crippen molar-refractivity contribution in [1.29, 1.82) is 0 Å². The van der Waals surface area contributed by atoms with Gasteiger partial charge in [-0.05, 0) is 38.3 Å². The maximum atomic E-state index is 13.1. The van der Waals surface area contributed by atoms with Gasteiger partial charge in [-0.2, -0.15) is 0 Å². The maximum absolute atomic E-state index is 13.1. The van der Waals surface area contributed by atoms with Crippen LogP contribution in [0.15, 0.2) is 29.2 Å². The van der Waals surface area contributed by atoms with Crippen LogP contribution in [0, 0.1) is 0 Å². The van der Waals surface area contributed by atoms with Crippen LogP contribution < -0.4 is 4.31 Å². The Morgan fingerprint density at radius 1 is 1.13 bits per heavy atom. The van der Waals surface area contributed by atoms with Crippen LogP contribution >= 0.6 is 0 Å². The average molecular weight is 331 g/mol. The number of sulfonamides is 1. The molecule has 0 N–H and O–H groups in total. The summed E-state index contributed by atoms with van der Waals surface area (Å²) >= 11 is 0. The van der Waals surface area contributed by atoms with Crippen LogP contribution in [0.4, 0.5) is 5.69 Å². The number of benzene rings is 2. The van der Waals surface area contributed by atoms with Gasteiger partial charge in [-0.3, -0.25) is 4.31 Å². The van der Waals surface area contributed by atoms with Crippen molar-refractivity contribution in [3.8, 4) is 0 Å². The molecule has 0 unspecified atom stereocenters. The summed E-state index contributed by atoms with van der Waals surface area (Å²) in [4.78, 5) is 0.458. The Bertz CT molecular complexity index is 953. The first kappa shape index (κ1) is 15.0. The average Bonchev–Trinajstić information content (AvgIpc) is 2.81. The highest BCUT2D eigenvalue weighted by Crippen LogP contribution is 2.49. The molecule has 23 heavy (non-hydrogen) atoms. The van der Waals surface area contributed by atoms with Crippen molar-refractivity contribution in [2.75, 3.05) is 18.4 Å². The van der Waals surface area contributed by atoms with Crippen molar-refractivity contribution in [3.05, 3.63) is 35.4 Å². The molecule has 4 rings (SSSR count). The smallest absolute Gasteiger partial charge is 0.265 e. The Labute approximate surface area is 138 Å². The molecule has 0 spiro atoms. The number of rotatable bonds is 0. The minimum absolute atomic E-state index is 0.458. The molecule has 0 aliphatic carbocycles. The predicted octanol–water partition coefficient (Wildman–Crippen LogP) is 3.24. The number of hydrogen-bond acceptors (Lipinski definition) is 2. The molecule has 0 atom stereocenters. The van der Waals surface area contributed by atoms with E-state index in [2.05, 4.69) is 26.2 Å². The van der Waals surface area contributed by atoms with Gasteiger partial charge >= 0.3 is 0 Å². The second kappa shape index (κ2) is 4.08. The third-order valence-corrected chi connectivity index (χ3v) is 6.96. The molecular weight excluding hydrogens is 308 g/mol. The number of quaternary nitrogens is 1. The van der Waals surface area contributed by atoms with Gasteiger partial charge in [-0.15, -0.1) is 0 Å². The van der Waals surface area contributed by atoms with Crippen LogP contribution in [0.5, 0.6) is 0 Å². The highest BCUT2D eigenvalue weighted by atomic mass is 32.2. The fraction of sp³-hybridized carbons (Fsp3) is 0.444. The summed E-state index contributed by atoms with van der Waals surface area (Å²) in [6.45, 7) is 7.76. The largest absolute Gasteiger partial charge is 0.321 e. The van der Waals surface area contributed by atoms with E-state index in [1.54, 1.807) is 10.4 Å². The fourth-order valence-corrected chi connectivity index (χ4v) is 6.19. The Balaban J connectivity index is 2.14. The molecule has 0 radical (unpaired) electrons. The van der Waals surface area contributed by atoms with Gasteiger partial charge in [0.1, 0.15) is 13.1 Å². The van der Waals surface area contributed by atoms with Gasteiger partial charge in [0.05, 0.1) is 24.7 Å². The van der Waals surface area contributed by atoms with Crippen LogP contribution in [0.2, 0.25) is 0 Å². The molecule has 122 valence electrons. The maximum Gasteiger partial charge on any atom is 0.265 e. The lowest BCUT2D eigenvalue weighted by molar-refractivity contribution is -0.909. The van der Waals surface area contributed by atoms with Crippen LogP contribution in [0.1, 0.15) is 31.9 Å². The Kier molecular flexibility index (Phi) is 2.66. The van der Waals surface area contributed by atoms with Crippen molar-refractivity contribution < 1.29 is 12.9 Å². The van der Waals surface area contributed by atoms with E-state index >= 15 is 0 Å². The van der Waals surface area contributed by atoms with E-state index in [-0.39, 0.29) is 0 Å². The van der Waals surface area contributed by atoms with Gasteiger partial charge in [0.25, 0.3) is 10.0 Å². The molecular formula is C18H23N2O2S+. The quantitative estimate of drug-likeness (QED) is 0.695. The van der Waals surface area contributed by atoms with Gasteiger partial charge in [0, 0.05) is 22.1 Å². The summed E-state index contributed by atoms with van der Waals surface area (Å²) in [5, 5.41) is 2.01. The van der Waals surface area contributed by atoms with E-state index in [0.717, 1.165) is 34.0 Å². The lowest BCUT2D eigenvalue weighted by Crippen LogP contribution is -2.43. The third-order valence-electron chi connectivity index (χ3n) is 4.84. The second-order valence-electron chi connectivity index (χ2n) is 8.40. The molecule has 2 aliphatic heterocycles. The van der Waals surface area contributed by atoms with Crippen molar-refractivity contribution in [2.45, 2.75) is 44.3 Å². The first-order chi connectivity index (χ1) is 10.5. The highest BCUT2D eigenvalue weighted by Gasteiger charge is 2.44. The standard InChI is InChI=1S/C18H23N2O2S/c1-18(2,3)19-15-9-12-10-20(4,5)11-14(12)13-7-6-8-16(17(13)15)23(19,21)22/h6-9H,10-11H2,1-5H3/q+1. The lowest BCUT2D eigenvalue weighted by atomic mass is 9.98. The highest BCUT2D eigenvalue weighted by molar-refractivity contribution is 7.93. The SMILES string of the molecule is CC(C)(C)N1c2cc3c(c4cccc(c24)S1(=O)=O)C[N+](C)(C)C3. The van der Waals surface area contributed by atoms with Crippen LogP contribution in [-0.2, 0) is 23.1 Å². The predicted molar refractivity (Wildman–Crippen MR) is 92.9 cm³/mol. The van der Waals surface area contributed by atoms with Gasteiger partial charge in [0.15, 0.2) is 0 Å². The van der Waals surface area contributed by atoms with Crippen LogP contribution in [0.3, 0.4) is 0 Å². The molecule has 2 aromatic carbocycles. The molecule has 0 saturated carbocycles. The van der Waals surface area contributed by atoms with Crippen molar-refractivity contribution in [2.24, 2.45) is 0 Å². The van der Waals surface area contributed by atoms with E-state index < -0.39 is 15.6 Å². The summed E-state index contributed by atoms with van der Waals surface area (Å²) in [5.41, 5.74) is 2.95. The number of hydrogen-bond donors (Lipinski definition) is 0. The Morgan fingerprint density at radius 3 is 2.48 bits per heavy atom. The summed E-state index contributed by atoms with van der Waals surface area (Å²) < 4.78 is 28.7. The van der Waals surface area contributed by atoms with Crippen molar-refractivity contribution in [1.82, 2.24) is 0 Å². The molecule has 2 heterocycles. The van der Waals surface area contributed by atoms with Crippen LogP contribution in [-0.4, -0.2) is 32.5 Å². The summed E-state index contributed by atoms with van der Waals surface area (Å²) in [5.74, 6) is 0. The van der Waals surface area contributed by atoms with E-state index in [1.165, 1.54) is 11.1 Å². The van der Waals surface area contributed by atoms with Gasteiger partial charge < -0.3 is 4.48 Å². The summed E-state index contributed by atoms with van der Waals surface area (Å²) in [7, 11) is 0.969. The summed E-state index contributed by atoms with van der Waals surface area (Å²) in [6.07, 6.45) is 0. The molecule has 0 aromatic heterocycles. The molecule has 0 fully saturated rings. The molecule has 4 nitrogen and oxygen atoms in total. The normalized spacial score (nSPS) is 21.0. The van der Waals surface area contributed by atoms with Crippen LogP contribution in [0.25, 0.3) is 10.8 Å². The van der Waals surface area contributed by atoms with E-state index in [1.807, 2.05) is 26.8 Å². The van der Waals surface area contributed by atoms with E-state index in [4.69, 9.17) is 0 Å². The Morgan fingerprint density at radius 2 is 1.83 bits per heavy atom. The molecule has 0 bridgehead atoms. The zero-order chi connectivity index (χ0) is 16.8. The first-order valence-corrected chi connectivity index (χ1v) is 9.41.